The maximum atomic E-state index is 12.5. The van der Waals surface area contributed by atoms with Gasteiger partial charge in [0.2, 0.25) is 5.76 Å². The summed E-state index contributed by atoms with van der Waals surface area (Å²) >= 11 is 9.06. The number of nitrogens with one attached hydrogen (secondary N) is 1. The number of furan rings is 1. The lowest BCUT2D eigenvalue weighted by Gasteiger charge is -2.09. The van der Waals surface area contributed by atoms with Crippen molar-refractivity contribution in [3.05, 3.63) is 56.5 Å². The van der Waals surface area contributed by atoms with E-state index in [1.165, 1.54) is 31.4 Å². The number of ether oxygens (including phenoxy) is 1. The van der Waals surface area contributed by atoms with E-state index in [0.717, 1.165) is 4.90 Å². The SMILES string of the molecule is COC(=O)c1ccc(CN2C(=O)N/C(=C\c3cc(Cl)c(O)c(Br)c3)C2=O)o1. The lowest BCUT2D eigenvalue weighted by Crippen LogP contribution is -2.30. The van der Waals surface area contributed by atoms with Gasteiger partial charge in [-0.25, -0.2) is 9.59 Å². The van der Waals surface area contributed by atoms with Crippen molar-refractivity contribution in [3.63, 3.8) is 0 Å². The number of phenols is 1. The molecule has 10 heteroatoms. The Bertz CT molecular complexity index is 961. The highest BCUT2D eigenvalue weighted by Gasteiger charge is 2.34. The highest BCUT2D eigenvalue weighted by atomic mass is 79.9. The molecule has 0 spiro atoms. The number of carbonyl (C=O) groups excluding carboxylic acids is 3. The maximum absolute atomic E-state index is 12.5. The Balaban J connectivity index is 1.81. The van der Waals surface area contributed by atoms with Gasteiger partial charge in [-0.1, -0.05) is 11.6 Å². The van der Waals surface area contributed by atoms with Gasteiger partial charge < -0.3 is 19.6 Å². The minimum absolute atomic E-state index is 0.0288. The van der Waals surface area contributed by atoms with Crippen LogP contribution in [-0.2, 0) is 16.1 Å². The number of esters is 1. The van der Waals surface area contributed by atoms with Crippen molar-refractivity contribution in [1.29, 1.82) is 0 Å². The van der Waals surface area contributed by atoms with Crippen LogP contribution in [0.5, 0.6) is 5.75 Å². The molecule has 1 aromatic heterocycles. The van der Waals surface area contributed by atoms with Crippen LogP contribution in [0.4, 0.5) is 4.79 Å². The molecule has 140 valence electrons. The van der Waals surface area contributed by atoms with Crippen molar-refractivity contribution in [2.45, 2.75) is 6.54 Å². The molecule has 2 aromatic rings. The van der Waals surface area contributed by atoms with Crippen molar-refractivity contribution in [2.75, 3.05) is 7.11 Å². The molecule has 1 fully saturated rings. The van der Waals surface area contributed by atoms with Gasteiger partial charge in [0.25, 0.3) is 5.91 Å². The predicted molar refractivity (Wildman–Crippen MR) is 97.9 cm³/mol. The Morgan fingerprint density at radius 3 is 2.81 bits per heavy atom. The number of rotatable bonds is 4. The van der Waals surface area contributed by atoms with Crippen molar-refractivity contribution < 1.29 is 28.6 Å². The topological polar surface area (TPSA) is 109 Å². The number of halogens is 2. The highest BCUT2D eigenvalue weighted by molar-refractivity contribution is 9.10. The van der Waals surface area contributed by atoms with E-state index in [1.807, 2.05) is 0 Å². The predicted octanol–water partition coefficient (Wildman–Crippen LogP) is 3.28. The molecular formula is C17H12BrClN2O6. The Morgan fingerprint density at radius 1 is 1.41 bits per heavy atom. The average molecular weight is 456 g/mol. The summed E-state index contributed by atoms with van der Waals surface area (Å²) in [7, 11) is 1.22. The van der Waals surface area contributed by atoms with Crippen molar-refractivity contribution >= 4 is 51.5 Å². The first kappa shape index (κ1) is 19.0. The summed E-state index contributed by atoms with van der Waals surface area (Å²) < 4.78 is 10.2. The lowest BCUT2D eigenvalue weighted by atomic mass is 10.2. The Hall–Kier alpha value is -2.78. The number of phenolic OH excluding ortho intramolecular Hbond substituents is 1. The van der Waals surface area contributed by atoms with Crippen LogP contribution in [0.15, 0.2) is 38.9 Å². The fourth-order valence-electron chi connectivity index (χ4n) is 2.38. The molecule has 1 aliphatic rings. The summed E-state index contributed by atoms with van der Waals surface area (Å²) in [6, 6.07) is 5.24. The Morgan fingerprint density at radius 2 is 2.15 bits per heavy atom. The standard InChI is InChI=1S/C17H12BrClN2O6/c1-26-16(24)13-3-2-9(27-13)7-21-15(23)12(20-17(21)25)6-8-4-10(18)14(22)11(19)5-8/h2-6,22H,7H2,1H3,(H,20,25)/b12-6-. The molecule has 1 aliphatic heterocycles. The Kier molecular flexibility index (Phi) is 5.24. The molecule has 0 atom stereocenters. The molecule has 1 saturated heterocycles. The van der Waals surface area contributed by atoms with E-state index in [-0.39, 0.29) is 34.5 Å². The number of imide groups is 1. The van der Waals surface area contributed by atoms with Crippen LogP contribution < -0.4 is 5.32 Å². The maximum Gasteiger partial charge on any atom is 0.373 e. The molecular weight excluding hydrogens is 444 g/mol. The molecule has 8 nitrogen and oxygen atoms in total. The van der Waals surface area contributed by atoms with Crippen LogP contribution in [-0.4, -0.2) is 35.0 Å². The van der Waals surface area contributed by atoms with Gasteiger partial charge in [0.15, 0.2) is 0 Å². The number of aromatic hydroxyl groups is 1. The van der Waals surface area contributed by atoms with Gasteiger partial charge in [-0.2, -0.15) is 0 Å². The van der Waals surface area contributed by atoms with E-state index in [2.05, 4.69) is 26.0 Å². The summed E-state index contributed by atoms with van der Waals surface area (Å²) in [6.45, 7) is -0.154. The molecule has 0 radical (unpaired) electrons. The molecule has 2 N–H and O–H groups in total. The zero-order valence-corrected chi connectivity index (χ0v) is 16.1. The molecule has 27 heavy (non-hydrogen) atoms. The molecule has 0 bridgehead atoms. The second-order valence-corrected chi connectivity index (χ2v) is 6.73. The van der Waals surface area contributed by atoms with Crippen LogP contribution >= 0.6 is 27.5 Å². The first-order valence-corrected chi connectivity index (χ1v) is 8.67. The molecule has 0 saturated carbocycles. The molecule has 3 rings (SSSR count). The van der Waals surface area contributed by atoms with E-state index >= 15 is 0 Å². The normalized spacial score (nSPS) is 15.4. The van der Waals surface area contributed by atoms with E-state index in [1.54, 1.807) is 6.07 Å². The number of benzene rings is 1. The number of urea groups is 1. The van der Waals surface area contributed by atoms with Crippen LogP contribution in [0.2, 0.25) is 5.02 Å². The number of nitrogens with zero attached hydrogens (tertiary/aromatic N) is 1. The van der Waals surface area contributed by atoms with Gasteiger partial charge >= 0.3 is 12.0 Å². The van der Waals surface area contributed by atoms with Crippen molar-refractivity contribution in [2.24, 2.45) is 0 Å². The third kappa shape index (κ3) is 3.83. The molecule has 2 heterocycles. The van der Waals surface area contributed by atoms with E-state index < -0.39 is 17.9 Å². The molecule has 1 aromatic carbocycles. The summed E-state index contributed by atoms with van der Waals surface area (Å²) in [5, 5.41) is 12.2. The van der Waals surface area contributed by atoms with E-state index in [0.29, 0.717) is 10.0 Å². The smallest absolute Gasteiger partial charge is 0.373 e. The number of hydrogen-bond donors (Lipinski definition) is 2. The number of carbonyl (C=O) groups is 3. The van der Waals surface area contributed by atoms with Gasteiger partial charge in [-0.3, -0.25) is 9.69 Å². The zero-order valence-electron chi connectivity index (χ0n) is 13.8. The first-order chi connectivity index (χ1) is 12.8. The van der Waals surface area contributed by atoms with Gasteiger partial charge in [-0.15, -0.1) is 0 Å². The van der Waals surface area contributed by atoms with Gasteiger partial charge in [0.05, 0.1) is 23.1 Å². The second kappa shape index (κ2) is 7.45. The summed E-state index contributed by atoms with van der Waals surface area (Å²) in [4.78, 5) is 37.0. The van der Waals surface area contributed by atoms with Crippen molar-refractivity contribution in [3.8, 4) is 5.75 Å². The van der Waals surface area contributed by atoms with Crippen LogP contribution in [0, 0.1) is 0 Å². The Labute approximate surface area is 166 Å². The van der Waals surface area contributed by atoms with Crippen molar-refractivity contribution in [1.82, 2.24) is 10.2 Å². The van der Waals surface area contributed by atoms with E-state index in [9.17, 15) is 19.5 Å². The van der Waals surface area contributed by atoms with Crippen LogP contribution in [0.1, 0.15) is 21.9 Å². The fraction of sp³-hybridized carbons (Fsp3) is 0.118. The van der Waals surface area contributed by atoms with Crippen LogP contribution in [0.25, 0.3) is 6.08 Å². The minimum Gasteiger partial charge on any atom is -0.505 e. The van der Waals surface area contributed by atoms with Crippen LogP contribution in [0.3, 0.4) is 0 Å². The number of hydrogen-bond acceptors (Lipinski definition) is 6. The number of amides is 3. The van der Waals surface area contributed by atoms with Gasteiger partial charge in [-0.05, 0) is 51.8 Å². The summed E-state index contributed by atoms with van der Waals surface area (Å²) in [5.74, 6) is -1.14. The highest BCUT2D eigenvalue weighted by Crippen LogP contribution is 2.33. The summed E-state index contributed by atoms with van der Waals surface area (Å²) in [6.07, 6.45) is 1.43. The quantitative estimate of drug-likeness (QED) is 0.416. The van der Waals surface area contributed by atoms with Gasteiger partial charge in [0, 0.05) is 0 Å². The minimum atomic E-state index is -0.658. The molecule has 0 aliphatic carbocycles. The summed E-state index contributed by atoms with van der Waals surface area (Å²) in [5.41, 5.74) is 0.537. The monoisotopic (exact) mass is 454 g/mol. The second-order valence-electron chi connectivity index (χ2n) is 5.47. The largest absolute Gasteiger partial charge is 0.505 e. The van der Waals surface area contributed by atoms with Gasteiger partial charge in [0.1, 0.15) is 17.2 Å². The zero-order chi connectivity index (χ0) is 19.7. The average Bonchev–Trinajstić information content (AvgIpc) is 3.20. The van der Waals surface area contributed by atoms with E-state index in [4.69, 9.17) is 16.0 Å². The fourth-order valence-corrected chi connectivity index (χ4v) is 3.20. The third-order valence-electron chi connectivity index (χ3n) is 3.67. The number of methoxy groups -OCH3 is 1. The molecule has 0 unspecified atom stereocenters. The first-order valence-electron chi connectivity index (χ1n) is 7.49. The third-order valence-corrected chi connectivity index (χ3v) is 4.57. The molecule has 3 amide bonds. The lowest BCUT2D eigenvalue weighted by molar-refractivity contribution is -0.123.